The third-order valence-corrected chi connectivity index (χ3v) is 1.73. The van der Waals surface area contributed by atoms with E-state index in [2.05, 4.69) is 4.74 Å². The standard InChI is InChI=1S/C9H8F3NO3/c1-2-16-9(15)5-3-4(7(11)12)6(10)8(14)13-5/h3,7H,2H2,1H3,(H,13,14). The summed E-state index contributed by atoms with van der Waals surface area (Å²) >= 11 is 0. The van der Waals surface area contributed by atoms with Gasteiger partial charge in [-0.1, -0.05) is 0 Å². The zero-order chi connectivity index (χ0) is 12.3. The molecule has 0 aliphatic rings. The molecule has 1 rings (SSSR count). The lowest BCUT2D eigenvalue weighted by atomic mass is 10.2. The zero-order valence-corrected chi connectivity index (χ0v) is 8.22. The Morgan fingerprint density at radius 1 is 1.56 bits per heavy atom. The Balaban J connectivity index is 3.24. The van der Waals surface area contributed by atoms with E-state index in [1.54, 1.807) is 0 Å². The Hall–Kier alpha value is -1.79. The van der Waals surface area contributed by atoms with Crippen molar-refractivity contribution in [3.63, 3.8) is 0 Å². The van der Waals surface area contributed by atoms with Crippen LogP contribution in [0.2, 0.25) is 0 Å². The second-order valence-electron chi connectivity index (χ2n) is 2.80. The summed E-state index contributed by atoms with van der Waals surface area (Å²) in [5.41, 5.74) is -2.99. The second-order valence-corrected chi connectivity index (χ2v) is 2.80. The molecule has 0 fully saturated rings. The van der Waals surface area contributed by atoms with Gasteiger partial charge in [-0.3, -0.25) is 4.79 Å². The number of esters is 1. The van der Waals surface area contributed by atoms with Crippen LogP contribution in [0.5, 0.6) is 0 Å². The summed E-state index contributed by atoms with van der Waals surface area (Å²) in [7, 11) is 0. The van der Waals surface area contributed by atoms with E-state index in [0.29, 0.717) is 6.07 Å². The summed E-state index contributed by atoms with van der Waals surface area (Å²) in [5.74, 6) is -2.58. The van der Waals surface area contributed by atoms with E-state index in [0.717, 1.165) is 0 Å². The van der Waals surface area contributed by atoms with E-state index in [9.17, 15) is 22.8 Å². The highest BCUT2D eigenvalue weighted by atomic mass is 19.3. The van der Waals surface area contributed by atoms with Crippen LogP contribution in [0.1, 0.15) is 29.4 Å². The molecule has 1 heterocycles. The lowest BCUT2D eigenvalue weighted by Gasteiger charge is -2.05. The van der Waals surface area contributed by atoms with Crippen molar-refractivity contribution >= 4 is 5.97 Å². The molecule has 16 heavy (non-hydrogen) atoms. The van der Waals surface area contributed by atoms with Crippen molar-refractivity contribution in [1.29, 1.82) is 0 Å². The molecule has 0 aliphatic heterocycles. The molecular formula is C9H8F3NO3. The van der Waals surface area contributed by atoms with E-state index < -0.39 is 35.0 Å². The van der Waals surface area contributed by atoms with Crippen LogP contribution < -0.4 is 5.56 Å². The minimum absolute atomic E-state index is 0.0161. The van der Waals surface area contributed by atoms with Crippen molar-refractivity contribution in [3.05, 3.63) is 33.5 Å². The molecule has 0 bridgehead atoms. The van der Waals surface area contributed by atoms with Crippen LogP contribution in [0, 0.1) is 5.82 Å². The Morgan fingerprint density at radius 2 is 2.19 bits per heavy atom. The minimum atomic E-state index is -3.17. The molecule has 0 unspecified atom stereocenters. The van der Waals surface area contributed by atoms with Gasteiger partial charge in [-0.25, -0.2) is 18.0 Å². The molecule has 1 N–H and O–H groups in total. The van der Waals surface area contributed by atoms with Crippen LogP contribution in [-0.4, -0.2) is 17.6 Å². The Bertz CT molecular complexity index is 456. The number of rotatable bonds is 3. The molecule has 88 valence electrons. The summed E-state index contributed by atoms with van der Waals surface area (Å²) in [6.07, 6.45) is -3.17. The predicted molar refractivity (Wildman–Crippen MR) is 47.9 cm³/mol. The van der Waals surface area contributed by atoms with Crippen molar-refractivity contribution in [2.45, 2.75) is 13.3 Å². The molecule has 0 saturated heterocycles. The van der Waals surface area contributed by atoms with Crippen LogP contribution in [-0.2, 0) is 4.74 Å². The number of nitrogens with one attached hydrogen (secondary N) is 1. The second kappa shape index (κ2) is 4.82. The molecule has 1 aromatic rings. The fraction of sp³-hybridized carbons (Fsp3) is 0.333. The monoisotopic (exact) mass is 235 g/mol. The van der Waals surface area contributed by atoms with Gasteiger partial charge in [-0.2, -0.15) is 0 Å². The normalized spacial score (nSPS) is 10.6. The number of aromatic amines is 1. The lowest BCUT2D eigenvalue weighted by Crippen LogP contribution is -2.20. The summed E-state index contributed by atoms with van der Waals surface area (Å²) in [4.78, 5) is 23.8. The van der Waals surface area contributed by atoms with Crippen LogP contribution in [0.25, 0.3) is 0 Å². The highest BCUT2D eigenvalue weighted by molar-refractivity contribution is 5.87. The molecule has 7 heteroatoms. The number of aromatic nitrogens is 1. The summed E-state index contributed by atoms with van der Waals surface area (Å²) in [6.45, 7) is 1.52. The molecule has 0 aromatic carbocycles. The third kappa shape index (κ3) is 2.41. The first-order valence-corrected chi connectivity index (χ1v) is 4.35. The van der Waals surface area contributed by atoms with Crippen molar-refractivity contribution in [3.8, 4) is 0 Å². The van der Waals surface area contributed by atoms with Gasteiger partial charge in [-0.15, -0.1) is 0 Å². The zero-order valence-electron chi connectivity index (χ0n) is 8.22. The van der Waals surface area contributed by atoms with Gasteiger partial charge >= 0.3 is 5.97 Å². The minimum Gasteiger partial charge on any atom is -0.461 e. The summed E-state index contributed by atoms with van der Waals surface area (Å²) in [6, 6.07) is 0.569. The molecule has 0 amide bonds. The van der Waals surface area contributed by atoms with Gasteiger partial charge in [0, 0.05) is 0 Å². The SMILES string of the molecule is CCOC(=O)c1cc(C(F)F)c(F)c(=O)[nH]1. The largest absolute Gasteiger partial charge is 0.461 e. The van der Waals surface area contributed by atoms with E-state index in [1.807, 2.05) is 4.98 Å². The average Bonchev–Trinajstić information content (AvgIpc) is 2.21. The molecule has 0 spiro atoms. The first kappa shape index (κ1) is 12.3. The van der Waals surface area contributed by atoms with Gasteiger partial charge in [-0.05, 0) is 13.0 Å². The van der Waals surface area contributed by atoms with Gasteiger partial charge in [0.15, 0.2) is 5.82 Å². The molecule has 0 atom stereocenters. The third-order valence-electron chi connectivity index (χ3n) is 1.73. The van der Waals surface area contributed by atoms with Gasteiger partial charge < -0.3 is 9.72 Å². The van der Waals surface area contributed by atoms with E-state index in [1.165, 1.54) is 6.92 Å². The highest BCUT2D eigenvalue weighted by Crippen LogP contribution is 2.20. The number of hydrogen-bond acceptors (Lipinski definition) is 3. The molecular weight excluding hydrogens is 227 g/mol. The molecule has 4 nitrogen and oxygen atoms in total. The number of ether oxygens (including phenoxy) is 1. The predicted octanol–water partition coefficient (Wildman–Crippen LogP) is 1.63. The van der Waals surface area contributed by atoms with Gasteiger partial charge in [0.2, 0.25) is 0 Å². The number of pyridine rings is 1. The number of halogens is 3. The first-order valence-electron chi connectivity index (χ1n) is 4.35. The molecule has 1 aromatic heterocycles. The Labute approximate surface area is 88.0 Å². The van der Waals surface area contributed by atoms with Crippen LogP contribution in [0.15, 0.2) is 10.9 Å². The van der Waals surface area contributed by atoms with Crippen molar-refractivity contribution in [1.82, 2.24) is 4.98 Å². The van der Waals surface area contributed by atoms with Gasteiger partial charge in [0.25, 0.3) is 12.0 Å². The number of hydrogen-bond donors (Lipinski definition) is 1. The van der Waals surface area contributed by atoms with Crippen molar-refractivity contribution < 1.29 is 22.7 Å². The molecule has 0 saturated carbocycles. The fourth-order valence-electron chi connectivity index (χ4n) is 1.04. The van der Waals surface area contributed by atoms with E-state index in [-0.39, 0.29) is 6.61 Å². The Kier molecular flexibility index (Phi) is 3.70. The first-order chi connectivity index (χ1) is 7.47. The van der Waals surface area contributed by atoms with E-state index in [4.69, 9.17) is 0 Å². The van der Waals surface area contributed by atoms with Crippen LogP contribution >= 0.6 is 0 Å². The van der Waals surface area contributed by atoms with Crippen LogP contribution in [0.4, 0.5) is 13.2 Å². The topological polar surface area (TPSA) is 59.2 Å². The maximum atomic E-state index is 12.9. The maximum absolute atomic E-state index is 12.9. The quantitative estimate of drug-likeness (QED) is 0.810. The number of carbonyl (C=O) groups excluding carboxylic acids is 1. The van der Waals surface area contributed by atoms with Crippen molar-refractivity contribution in [2.75, 3.05) is 6.61 Å². The number of H-pyrrole nitrogens is 1. The number of carbonyl (C=O) groups is 1. The summed E-state index contributed by atoms with van der Waals surface area (Å²) < 4.78 is 42.0. The number of alkyl halides is 2. The van der Waals surface area contributed by atoms with Crippen molar-refractivity contribution in [2.24, 2.45) is 0 Å². The van der Waals surface area contributed by atoms with Crippen LogP contribution in [0.3, 0.4) is 0 Å². The van der Waals surface area contributed by atoms with Gasteiger partial charge in [0.05, 0.1) is 12.2 Å². The molecule has 0 radical (unpaired) electrons. The average molecular weight is 235 g/mol. The Morgan fingerprint density at radius 3 is 2.69 bits per heavy atom. The smallest absolute Gasteiger partial charge is 0.354 e. The molecule has 0 aliphatic carbocycles. The fourth-order valence-corrected chi connectivity index (χ4v) is 1.04. The lowest BCUT2D eigenvalue weighted by molar-refractivity contribution is 0.0518. The summed E-state index contributed by atoms with van der Waals surface area (Å²) in [5, 5.41) is 0. The maximum Gasteiger partial charge on any atom is 0.354 e. The van der Waals surface area contributed by atoms with E-state index >= 15 is 0 Å². The highest BCUT2D eigenvalue weighted by Gasteiger charge is 2.20. The van der Waals surface area contributed by atoms with Gasteiger partial charge in [0.1, 0.15) is 5.69 Å².